The van der Waals surface area contributed by atoms with Crippen LogP contribution in [0, 0.1) is 19.8 Å². The molecule has 0 spiro atoms. The van der Waals surface area contributed by atoms with Crippen LogP contribution in [0.25, 0.3) is 0 Å². The van der Waals surface area contributed by atoms with Crippen molar-refractivity contribution in [3.8, 4) is 0 Å². The molecule has 0 unspecified atom stereocenters. The Kier molecular flexibility index (Phi) is 3.28. The Bertz CT molecular complexity index is 626. The molecule has 2 aliphatic rings. The molecule has 2 aromatic heterocycles. The lowest BCUT2D eigenvalue weighted by atomic mass is 10.0. The SMILES string of the molecule is Cc1nc([C@@H]2C[C@H]3CN(Cc4scnc4C)C[C@H]3O2)no1. The minimum absolute atomic E-state index is 0.00439. The van der Waals surface area contributed by atoms with Crippen LogP contribution in [0.3, 0.4) is 0 Å². The number of ether oxygens (including phenoxy) is 1. The molecule has 0 radical (unpaired) electrons. The molecule has 0 amide bonds. The van der Waals surface area contributed by atoms with Gasteiger partial charge in [-0.1, -0.05) is 5.16 Å². The summed E-state index contributed by atoms with van der Waals surface area (Å²) in [5.41, 5.74) is 3.07. The summed E-state index contributed by atoms with van der Waals surface area (Å²) in [7, 11) is 0. The van der Waals surface area contributed by atoms with Gasteiger partial charge in [-0.05, 0) is 13.3 Å². The van der Waals surface area contributed by atoms with E-state index in [2.05, 4.69) is 26.9 Å². The number of fused-ring (bicyclic) bond motifs is 1. The van der Waals surface area contributed by atoms with E-state index in [1.807, 2.05) is 12.4 Å². The van der Waals surface area contributed by atoms with Crippen molar-refractivity contribution in [2.45, 2.75) is 39.0 Å². The first-order valence-corrected chi connectivity index (χ1v) is 8.14. The second-order valence-electron chi connectivity index (χ2n) is 5.89. The molecular formula is C14H18N4O2S. The molecule has 0 N–H and O–H groups in total. The van der Waals surface area contributed by atoms with E-state index in [0.717, 1.165) is 31.7 Å². The van der Waals surface area contributed by atoms with Crippen molar-refractivity contribution in [1.29, 1.82) is 0 Å². The van der Waals surface area contributed by atoms with Crippen LogP contribution in [-0.4, -0.2) is 39.2 Å². The van der Waals surface area contributed by atoms with Gasteiger partial charge in [0.2, 0.25) is 11.7 Å². The molecule has 6 nitrogen and oxygen atoms in total. The van der Waals surface area contributed by atoms with E-state index in [9.17, 15) is 0 Å². The van der Waals surface area contributed by atoms with Crippen molar-refractivity contribution in [2.75, 3.05) is 13.1 Å². The van der Waals surface area contributed by atoms with Crippen LogP contribution in [0.1, 0.15) is 34.8 Å². The van der Waals surface area contributed by atoms with Crippen molar-refractivity contribution in [1.82, 2.24) is 20.0 Å². The molecule has 7 heteroatoms. The lowest BCUT2D eigenvalue weighted by Crippen LogP contribution is -2.23. The molecule has 0 aliphatic carbocycles. The predicted molar refractivity (Wildman–Crippen MR) is 76.9 cm³/mol. The quantitative estimate of drug-likeness (QED) is 0.865. The molecular weight excluding hydrogens is 288 g/mol. The third-order valence-corrected chi connectivity index (χ3v) is 5.28. The number of rotatable bonds is 3. The summed E-state index contributed by atoms with van der Waals surface area (Å²) in [6.45, 7) is 6.93. The molecule has 4 rings (SSSR count). The Hall–Kier alpha value is -1.31. The van der Waals surface area contributed by atoms with Crippen LogP contribution in [0.5, 0.6) is 0 Å². The van der Waals surface area contributed by atoms with Gasteiger partial charge in [0.15, 0.2) is 0 Å². The number of aryl methyl sites for hydroxylation is 2. The van der Waals surface area contributed by atoms with Crippen LogP contribution in [0.4, 0.5) is 0 Å². The summed E-state index contributed by atoms with van der Waals surface area (Å²) in [4.78, 5) is 12.4. The largest absolute Gasteiger partial charge is 0.365 e. The summed E-state index contributed by atoms with van der Waals surface area (Å²) < 4.78 is 11.2. The number of aromatic nitrogens is 3. The molecule has 0 saturated carbocycles. The minimum Gasteiger partial charge on any atom is -0.365 e. The zero-order chi connectivity index (χ0) is 14.4. The van der Waals surface area contributed by atoms with E-state index >= 15 is 0 Å². The highest BCUT2D eigenvalue weighted by Crippen LogP contribution is 2.40. The van der Waals surface area contributed by atoms with Gasteiger partial charge in [-0.2, -0.15) is 4.98 Å². The van der Waals surface area contributed by atoms with E-state index in [-0.39, 0.29) is 6.10 Å². The standard InChI is InChI=1S/C14H18N4O2S/c1-8-13(21-7-15-8)6-18-4-10-3-11(19-12(10)5-18)14-16-9(2)20-17-14/h7,10-12H,3-6H2,1-2H3/t10-,11-,12+/m0/s1. The molecule has 4 heterocycles. The van der Waals surface area contributed by atoms with Gasteiger partial charge in [0.05, 0.1) is 17.3 Å². The second kappa shape index (κ2) is 5.15. The molecule has 2 fully saturated rings. The summed E-state index contributed by atoms with van der Waals surface area (Å²) in [6.07, 6.45) is 1.29. The van der Waals surface area contributed by atoms with Gasteiger partial charge < -0.3 is 9.26 Å². The first-order chi connectivity index (χ1) is 10.2. The fourth-order valence-corrected chi connectivity index (χ4v) is 4.09. The van der Waals surface area contributed by atoms with Crippen LogP contribution in [-0.2, 0) is 11.3 Å². The van der Waals surface area contributed by atoms with E-state index in [0.29, 0.717) is 23.7 Å². The van der Waals surface area contributed by atoms with Gasteiger partial charge in [-0.25, -0.2) is 4.98 Å². The normalized spacial score (nSPS) is 29.1. The second-order valence-corrected chi connectivity index (χ2v) is 6.82. The Balaban J connectivity index is 1.38. The maximum Gasteiger partial charge on any atom is 0.223 e. The van der Waals surface area contributed by atoms with Crippen molar-refractivity contribution >= 4 is 11.3 Å². The Morgan fingerprint density at radius 2 is 2.29 bits per heavy atom. The third kappa shape index (κ3) is 2.49. The number of likely N-dealkylation sites (tertiary alicyclic amines) is 1. The number of hydrogen-bond acceptors (Lipinski definition) is 7. The average molecular weight is 306 g/mol. The lowest BCUT2D eigenvalue weighted by Gasteiger charge is -2.17. The van der Waals surface area contributed by atoms with E-state index in [1.165, 1.54) is 4.88 Å². The first-order valence-electron chi connectivity index (χ1n) is 7.26. The van der Waals surface area contributed by atoms with Crippen molar-refractivity contribution in [3.05, 3.63) is 27.8 Å². The van der Waals surface area contributed by atoms with Gasteiger partial charge in [-0.15, -0.1) is 11.3 Å². The van der Waals surface area contributed by atoms with Gasteiger partial charge >= 0.3 is 0 Å². The predicted octanol–water partition coefficient (Wildman–Crippen LogP) is 2.10. The van der Waals surface area contributed by atoms with E-state index in [4.69, 9.17) is 9.26 Å². The van der Waals surface area contributed by atoms with Crippen molar-refractivity contribution in [3.63, 3.8) is 0 Å². The third-order valence-electron chi connectivity index (χ3n) is 4.36. The topological polar surface area (TPSA) is 64.3 Å². The summed E-state index contributed by atoms with van der Waals surface area (Å²) >= 11 is 1.74. The molecule has 2 aromatic rings. The molecule has 0 aromatic carbocycles. The fraction of sp³-hybridized carbons (Fsp3) is 0.643. The number of hydrogen-bond donors (Lipinski definition) is 0. The zero-order valence-electron chi connectivity index (χ0n) is 12.2. The van der Waals surface area contributed by atoms with E-state index in [1.54, 1.807) is 11.3 Å². The summed E-state index contributed by atoms with van der Waals surface area (Å²) in [6, 6.07) is 0. The maximum atomic E-state index is 6.13. The smallest absolute Gasteiger partial charge is 0.223 e. The summed E-state index contributed by atoms with van der Waals surface area (Å²) in [5.74, 6) is 1.88. The maximum absolute atomic E-state index is 6.13. The molecule has 112 valence electrons. The highest BCUT2D eigenvalue weighted by Gasteiger charge is 2.43. The number of nitrogens with zero attached hydrogens (tertiary/aromatic N) is 4. The van der Waals surface area contributed by atoms with Gasteiger partial charge in [0.1, 0.15) is 6.10 Å². The fourth-order valence-electron chi connectivity index (χ4n) is 3.27. The first kappa shape index (κ1) is 13.4. The van der Waals surface area contributed by atoms with Gasteiger partial charge in [-0.3, -0.25) is 4.90 Å². The monoisotopic (exact) mass is 306 g/mol. The van der Waals surface area contributed by atoms with Gasteiger partial charge in [0, 0.05) is 37.4 Å². The van der Waals surface area contributed by atoms with Crippen molar-refractivity contribution < 1.29 is 9.26 Å². The van der Waals surface area contributed by atoms with Crippen LogP contribution >= 0.6 is 11.3 Å². The highest BCUT2D eigenvalue weighted by molar-refractivity contribution is 7.09. The Labute approximate surface area is 127 Å². The van der Waals surface area contributed by atoms with Crippen molar-refractivity contribution in [2.24, 2.45) is 5.92 Å². The average Bonchev–Trinajstić information content (AvgIpc) is 3.15. The minimum atomic E-state index is 0.00439. The van der Waals surface area contributed by atoms with Crippen LogP contribution in [0.2, 0.25) is 0 Å². The van der Waals surface area contributed by atoms with Crippen LogP contribution in [0.15, 0.2) is 10.0 Å². The van der Waals surface area contributed by atoms with E-state index < -0.39 is 0 Å². The molecule has 3 atom stereocenters. The van der Waals surface area contributed by atoms with Gasteiger partial charge in [0.25, 0.3) is 0 Å². The Morgan fingerprint density at radius 3 is 2.95 bits per heavy atom. The zero-order valence-corrected chi connectivity index (χ0v) is 13.0. The molecule has 2 saturated heterocycles. The molecule has 21 heavy (non-hydrogen) atoms. The number of thiazole rings is 1. The highest BCUT2D eigenvalue weighted by atomic mass is 32.1. The Morgan fingerprint density at radius 1 is 1.38 bits per heavy atom. The molecule has 2 aliphatic heterocycles. The van der Waals surface area contributed by atoms with Crippen LogP contribution < -0.4 is 0 Å². The summed E-state index contributed by atoms with van der Waals surface area (Å²) in [5, 5.41) is 3.99. The lowest BCUT2D eigenvalue weighted by molar-refractivity contribution is 0.0314. The molecule has 0 bridgehead atoms.